The first-order valence-corrected chi connectivity index (χ1v) is 11.5. The van der Waals surface area contributed by atoms with Gasteiger partial charge < -0.3 is 10.1 Å². The third-order valence-electron chi connectivity index (χ3n) is 6.50. The minimum Gasteiger partial charge on any atom is -0.376 e. The summed E-state index contributed by atoms with van der Waals surface area (Å²) in [5, 5.41) is 2.96. The number of carbonyl (C=O) groups excluding carboxylic acids is 3. The van der Waals surface area contributed by atoms with E-state index < -0.39 is 0 Å². The van der Waals surface area contributed by atoms with Crippen LogP contribution in [-0.4, -0.2) is 59.9 Å². The lowest BCUT2D eigenvalue weighted by atomic mass is 10.0. The molecule has 2 aromatic rings. The summed E-state index contributed by atoms with van der Waals surface area (Å²) in [5.41, 5.74) is 3.20. The van der Waals surface area contributed by atoms with Gasteiger partial charge in [-0.15, -0.1) is 0 Å². The molecule has 1 atom stereocenters. The number of fused-ring (bicyclic) bond motifs is 1. The van der Waals surface area contributed by atoms with Crippen LogP contribution in [-0.2, 0) is 17.8 Å². The molecule has 33 heavy (non-hydrogen) atoms. The first-order valence-electron chi connectivity index (χ1n) is 11.5. The Hall–Kier alpha value is -3.03. The Morgan fingerprint density at radius 2 is 1.85 bits per heavy atom. The summed E-state index contributed by atoms with van der Waals surface area (Å²) in [6, 6.07) is 13.2. The molecule has 0 radical (unpaired) electrons. The molecule has 0 saturated carbocycles. The van der Waals surface area contributed by atoms with E-state index in [-0.39, 0.29) is 35.9 Å². The second-order valence-electron chi connectivity index (χ2n) is 9.08. The van der Waals surface area contributed by atoms with Crippen molar-refractivity contribution in [3.05, 3.63) is 70.3 Å². The van der Waals surface area contributed by atoms with Gasteiger partial charge in [-0.3, -0.25) is 24.2 Å². The van der Waals surface area contributed by atoms with E-state index in [4.69, 9.17) is 4.74 Å². The van der Waals surface area contributed by atoms with Gasteiger partial charge in [0.15, 0.2) is 0 Å². The number of carbonyl (C=O) groups is 3. The van der Waals surface area contributed by atoms with E-state index in [1.54, 1.807) is 12.1 Å². The number of hydrogen-bond acceptors (Lipinski definition) is 5. The number of amides is 3. The zero-order chi connectivity index (χ0) is 23.5. The summed E-state index contributed by atoms with van der Waals surface area (Å²) in [6.07, 6.45) is 1.68. The van der Waals surface area contributed by atoms with E-state index >= 15 is 0 Å². The number of nitrogens with one attached hydrogen (secondary N) is 1. The molecule has 7 heteroatoms. The van der Waals surface area contributed by atoms with Crippen molar-refractivity contribution in [2.75, 3.05) is 20.2 Å². The number of rotatable bonds is 8. The Kier molecular flexibility index (Phi) is 6.91. The van der Waals surface area contributed by atoms with Crippen molar-refractivity contribution in [3.63, 3.8) is 0 Å². The highest BCUT2D eigenvalue weighted by atomic mass is 16.5. The average Bonchev–Trinajstić information content (AvgIpc) is 3.41. The second kappa shape index (κ2) is 9.85. The van der Waals surface area contributed by atoms with Crippen LogP contribution in [0.15, 0.2) is 42.5 Å². The Morgan fingerprint density at radius 1 is 1.12 bits per heavy atom. The number of benzene rings is 2. The van der Waals surface area contributed by atoms with Gasteiger partial charge in [0.2, 0.25) is 0 Å². The highest BCUT2D eigenvalue weighted by Gasteiger charge is 2.37. The first-order chi connectivity index (χ1) is 15.8. The first kappa shape index (κ1) is 23.1. The molecular weight excluding hydrogens is 418 g/mol. The molecule has 7 nitrogen and oxygen atoms in total. The highest BCUT2D eigenvalue weighted by Crippen LogP contribution is 2.26. The summed E-state index contributed by atoms with van der Waals surface area (Å²) in [5.74, 6) is -0.953. The molecule has 1 N–H and O–H groups in total. The maximum absolute atomic E-state index is 12.9. The molecular formula is C26H31N3O4. The van der Waals surface area contributed by atoms with Crippen LogP contribution in [0.25, 0.3) is 0 Å². The third kappa shape index (κ3) is 4.99. The number of imide groups is 1. The van der Waals surface area contributed by atoms with Gasteiger partial charge in [0.25, 0.3) is 17.7 Å². The fourth-order valence-electron chi connectivity index (χ4n) is 4.20. The van der Waals surface area contributed by atoms with E-state index in [0.717, 1.165) is 30.5 Å². The van der Waals surface area contributed by atoms with Crippen molar-refractivity contribution in [2.24, 2.45) is 0 Å². The van der Waals surface area contributed by atoms with Gasteiger partial charge >= 0.3 is 0 Å². The Labute approximate surface area is 194 Å². The second-order valence-corrected chi connectivity index (χ2v) is 9.08. The van der Waals surface area contributed by atoms with Crippen LogP contribution in [0.5, 0.6) is 0 Å². The molecule has 1 saturated heterocycles. The molecule has 174 valence electrons. The summed E-state index contributed by atoms with van der Waals surface area (Å²) in [6.45, 7) is 6.39. The van der Waals surface area contributed by atoms with Crippen molar-refractivity contribution < 1.29 is 19.1 Å². The van der Waals surface area contributed by atoms with E-state index in [0.29, 0.717) is 30.3 Å². The zero-order valence-electron chi connectivity index (χ0n) is 19.5. The van der Waals surface area contributed by atoms with Gasteiger partial charge in [-0.1, -0.05) is 24.3 Å². The maximum atomic E-state index is 12.9. The Balaban J connectivity index is 1.44. The van der Waals surface area contributed by atoms with Crippen LogP contribution >= 0.6 is 0 Å². The summed E-state index contributed by atoms with van der Waals surface area (Å²) >= 11 is 0. The van der Waals surface area contributed by atoms with Crippen LogP contribution in [0.3, 0.4) is 0 Å². The molecule has 2 aliphatic heterocycles. The standard InChI is InChI=1S/C26H31N3O4/c1-17(2)28(3)15-20-8-5-4-7-19(20)14-27-24(30)18-10-11-22-23(13-18)26(32)29(25(22)31)16-21-9-6-12-33-21/h4-5,7-8,10-11,13,17,21H,6,9,12,14-16H2,1-3H3,(H,27,30). The SMILES string of the molecule is CC(C)N(C)Cc1ccccc1CNC(=O)c1ccc2c(c1)C(=O)N(CC1CCCO1)C2=O. The predicted octanol–water partition coefficient (Wildman–Crippen LogP) is 3.23. The minimum atomic E-state index is -0.359. The van der Waals surface area contributed by atoms with Crippen LogP contribution in [0, 0.1) is 0 Å². The normalized spacial score (nSPS) is 17.8. The molecule has 1 unspecified atom stereocenters. The lowest BCUT2D eigenvalue weighted by Crippen LogP contribution is -2.36. The van der Waals surface area contributed by atoms with E-state index in [9.17, 15) is 14.4 Å². The largest absolute Gasteiger partial charge is 0.376 e. The monoisotopic (exact) mass is 449 g/mol. The minimum absolute atomic E-state index is 0.107. The van der Waals surface area contributed by atoms with Gasteiger partial charge in [-0.05, 0) is 63.1 Å². The molecule has 0 aliphatic carbocycles. The van der Waals surface area contributed by atoms with Crippen molar-refractivity contribution in [1.82, 2.24) is 15.1 Å². The molecule has 1 fully saturated rings. The van der Waals surface area contributed by atoms with Gasteiger partial charge in [-0.25, -0.2) is 0 Å². The van der Waals surface area contributed by atoms with Crippen molar-refractivity contribution in [3.8, 4) is 0 Å². The van der Waals surface area contributed by atoms with Gasteiger partial charge in [0.1, 0.15) is 0 Å². The fourth-order valence-corrected chi connectivity index (χ4v) is 4.20. The molecule has 0 bridgehead atoms. The summed E-state index contributed by atoms with van der Waals surface area (Å²) < 4.78 is 5.58. The van der Waals surface area contributed by atoms with Crippen LogP contribution < -0.4 is 5.32 Å². The topological polar surface area (TPSA) is 79.0 Å². The quantitative estimate of drug-likeness (QED) is 0.626. The van der Waals surface area contributed by atoms with Crippen LogP contribution in [0.4, 0.5) is 0 Å². The van der Waals surface area contributed by atoms with E-state index in [1.807, 2.05) is 18.2 Å². The van der Waals surface area contributed by atoms with Crippen LogP contribution in [0.2, 0.25) is 0 Å². The lowest BCUT2D eigenvalue weighted by Gasteiger charge is -2.22. The molecule has 2 heterocycles. The Morgan fingerprint density at radius 3 is 2.55 bits per heavy atom. The molecule has 2 aromatic carbocycles. The fraction of sp³-hybridized carbons (Fsp3) is 0.423. The van der Waals surface area contributed by atoms with Crippen molar-refractivity contribution >= 4 is 17.7 Å². The predicted molar refractivity (Wildman–Crippen MR) is 125 cm³/mol. The molecule has 2 aliphatic rings. The summed E-state index contributed by atoms with van der Waals surface area (Å²) in [4.78, 5) is 41.9. The maximum Gasteiger partial charge on any atom is 0.261 e. The van der Waals surface area contributed by atoms with Gasteiger partial charge in [0.05, 0.1) is 23.8 Å². The zero-order valence-corrected chi connectivity index (χ0v) is 19.5. The molecule has 0 aromatic heterocycles. The molecule has 4 rings (SSSR count). The number of hydrogen-bond donors (Lipinski definition) is 1. The van der Waals surface area contributed by atoms with Crippen molar-refractivity contribution in [2.45, 2.75) is 51.9 Å². The average molecular weight is 450 g/mol. The van der Waals surface area contributed by atoms with E-state index in [1.165, 1.54) is 11.0 Å². The lowest BCUT2D eigenvalue weighted by molar-refractivity contribution is 0.0475. The smallest absolute Gasteiger partial charge is 0.261 e. The number of ether oxygens (including phenoxy) is 1. The van der Waals surface area contributed by atoms with Gasteiger partial charge in [-0.2, -0.15) is 0 Å². The van der Waals surface area contributed by atoms with Gasteiger partial charge in [0, 0.05) is 31.3 Å². The van der Waals surface area contributed by atoms with Crippen molar-refractivity contribution in [1.29, 1.82) is 0 Å². The Bertz CT molecular complexity index is 1060. The summed E-state index contributed by atoms with van der Waals surface area (Å²) in [7, 11) is 2.07. The van der Waals surface area contributed by atoms with E-state index in [2.05, 4.69) is 37.2 Å². The van der Waals surface area contributed by atoms with Crippen LogP contribution in [0.1, 0.15) is 68.9 Å². The molecule has 0 spiro atoms. The highest BCUT2D eigenvalue weighted by molar-refractivity contribution is 6.22. The number of nitrogens with zero attached hydrogens (tertiary/aromatic N) is 2. The molecule has 3 amide bonds. The third-order valence-corrected chi connectivity index (χ3v) is 6.50.